The second-order valence-electron chi connectivity index (χ2n) is 9.24. The molecule has 0 bridgehead atoms. The van der Waals surface area contributed by atoms with Crippen LogP contribution >= 0.6 is 11.8 Å². The summed E-state index contributed by atoms with van der Waals surface area (Å²) in [4.78, 5) is 18.9. The van der Waals surface area contributed by atoms with Crippen molar-refractivity contribution in [3.05, 3.63) is 107 Å². The summed E-state index contributed by atoms with van der Waals surface area (Å²) >= 11 is 1.28. The second kappa shape index (κ2) is 10.9. The fourth-order valence-electron chi connectivity index (χ4n) is 4.75. The van der Waals surface area contributed by atoms with E-state index in [0.717, 1.165) is 39.9 Å². The predicted molar refractivity (Wildman–Crippen MR) is 157 cm³/mol. The van der Waals surface area contributed by atoms with Crippen LogP contribution in [0.15, 0.2) is 95.0 Å². The number of nitrogens with zero attached hydrogens (tertiary/aromatic N) is 3. The van der Waals surface area contributed by atoms with Crippen molar-refractivity contribution in [2.24, 2.45) is 4.99 Å². The number of aromatic nitrogens is 1. The average Bonchev–Trinajstić information content (AvgIpc) is 3.56. The van der Waals surface area contributed by atoms with Gasteiger partial charge in [-0.1, -0.05) is 30.0 Å². The number of amides is 1. The number of thioether (sulfide) groups is 1. The van der Waals surface area contributed by atoms with E-state index < -0.39 is 5.91 Å². The molecule has 0 atom stereocenters. The summed E-state index contributed by atoms with van der Waals surface area (Å²) < 4.78 is 26.7. The van der Waals surface area contributed by atoms with E-state index in [9.17, 15) is 9.18 Å². The highest BCUT2D eigenvalue weighted by Gasteiger charge is 2.36. The van der Waals surface area contributed by atoms with Gasteiger partial charge in [0, 0.05) is 34.6 Å². The molecular formula is C31H25FN4O3S. The van der Waals surface area contributed by atoms with Gasteiger partial charge in [0.25, 0.3) is 5.91 Å². The van der Waals surface area contributed by atoms with Crippen molar-refractivity contribution in [1.29, 1.82) is 5.41 Å². The molecule has 3 heterocycles. The Morgan fingerprint density at radius 3 is 2.55 bits per heavy atom. The van der Waals surface area contributed by atoms with Crippen molar-refractivity contribution in [3.63, 3.8) is 0 Å². The normalized spacial score (nSPS) is 15.8. The van der Waals surface area contributed by atoms with Gasteiger partial charge >= 0.3 is 0 Å². The van der Waals surface area contributed by atoms with E-state index in [1.807, 2.05) is 60.1 Å². The minimum atomic E-state index is -0.456. The Morgan fingerprint density at radius 1 is 1.02 bits per heavy atom. The summed E-state index contributed by atoms with van der Waals surface area (Å²) in [5.74, 6) is 0.817. The summed E-state index contributed by atoms with van der Waals surface area (Å²) in [6.45, 7) is 1.26. The smallest absolute Gasteiger partial charge is 0.283 e. The first kappa shape index (κ1) is 25.6. The Bertz CT molecular complexity index is 1700. The molecule has 0 unspecified atom stereocenters. The first-order valence-electron chi connectivity index (χ1n) is 12.7. The first-order valence-corrected chi connectivity index (χ1v) is 13.6. The van der Waals surface area contributed by atoms with Gasteiger partial charge in [-0.25, -0.2) is 4.39 Å². The largest absolute Gasteiger partial charge is 0.497 e. The number of methoxy groups -OCH3 is 1. The quantitative estimate of drug-likeness (QED) is 0.198. The summed E-state index contributed by atoms with van der Waals surface area (Å²) in [6.07, 6.45) is 4.52. The van der Waals surface area contributed by atoms with Crippen molar-refractivity contribution in [2.45, 2.75) is 13.0 Å². The van der Waals surface area contributed by atoms with Crippen molar-refractivity contribution < 1.29 is 18.7 Å². The van der Waals surface area contributed by atoms with Crippen molar-refractivity contribution >= 4 is 51.3 Å². The van der Waals surface area contributed by atoms with E-state index >= 15 is 0 Å². The number of aryl methyl sites for hydroxylation is 1. The lowest BCUT2D eigenvalue weighted by Crippen LogP contribution is -2.38. The molecule has 40 heavy (non-hydrogen) atoms. The Kier molecular flexibility index (Phi) is 6.96. The maximum atomic E-state index is 13.5. The molecule has 0 saturated carbocycles. The number of nitrogens with one attached hydrogen (secondary N) is 1. The highest BCUT2D eigenvalue weighted by atomic mass is 32.2. The van der Waals surface area contributed by atoms with Gasteiger partial charge in [0.15, 0.2) is 5.17 Å². The standard InChI is InChI=1S/C31H25FN4O3S/c1-38-23-11-13-24(14-12-23)39-16-4-15-35-18-21(25-5-2-3-6-27(25)35)17-26-29(33)36-28(19-40-31(36)34-30(26)37)20-7-9-22(32)10-8-20/h2-3,5-14,17-19,33H,4,15-16H2,1H3. The Hall–Kier alpha value is -4.63. The molecule has 0 spiro atoms. The second-order valence-corrected chi connectivity index (χ2v) is 10.1. The third-order valence-electron chi connectivity index (χ3n) is 6.75. The zero-order valence-corrected chi connectivity index (χ0v) is 22.5. The van der Waals surface area contributed by atoms with Gasteiger partial charge in [0.2, 0.25) is 0 Å². The number of rotatable bonds is 8. The fraction of sp³-hybridized carbons (Fsp3) is 0.129. The summed E-state index contributed by atoms with van der Waals surface area (Å²) in [7, 11) is 1.63. The van der Waals surface area contributed by atoms with E-state index in [4.69, 9.17) is 14.9 Å². The van der Waals surface area contributed by atoms with Gasteiger partial charge in [-0.2, -0.15) is 4.99 Å². The fourth-order valence-corrected chi connectivity index (χ4v) is 5.64. The van der Waals surface area contributed by atoms with E-state index in [1.165, 1.54) is 23.9 Å². The minimum Gasteiger partial charge on any atom is -0.497 e. The van der Waals surface area contributed by atoms with Gasteiger partial charge in [-0.3, -0.25) is 15.1 Å². The number of hydrogen-bond donors (Lipinski definition) is 1. The molecular weight excluding hydrogens is 527 g/mol. The summed E-state index contributed by atoms with van der Waals surface area (Å²) in [5, 5.41) is 12.2. The van der Waals surface area contributed by atoms with Crippen LogP contribution in [-0.4, -0.2) is 40.1 Å². The molecule has 0 fully saturated rings. The Labute approximate surface area is 234 Å². The number of amidine groups is 2. The Balaban J connectivity index is 1.23. The van der Waals surface area contributed by atoms with Crippen LogP contribution in [-0.2, 0) is 11.3 Å². The van der Waals surface area contributed by atoms with Crippen LogP contribution in [0.2, 0.25) is 0 Å². The Morgan fingerprint density at radius 2 is 1.77 bits per heavy atom. The lowest BCUT2D eigenvalue weighted by molar-refractivity contribution is -0.114. The van der Waals surface area contributed by atoms with Gasteiger partial charge in [0.1, 0.15) is 23.2 Å². The van der Waals surface area contributed by atoms with Crippen LogP contribution < -0.4 is 9.47 Å². The number of carbonyl (C=O) groups is 1. The molecule has 1 aromatic heterocycles. The van der Waals surface area contributed by atoms with Crippen LogP contribution in [0.4, 0.5) is 4.39 Å². The number of aliphatic imine (C=N–C) groups is 1. The maximum absolute atomic E-state index is 13.5. The molecule has 0 saturated heterocycles. The monoisotopic (exact) mass is 552 g/mol. The minimum absolute atomic E-state index is 0.0419. The summed E-state index contributed by atoms with van der Waals surface area (Å²) in [5.41, 5.74) is 3.49. The van der Waals surface area contributed by atoms with E-state index in [1.54, 1.807) is 30.2 Å². The maximum Gasteiger partial charge on any atom is 0.283 e. The number of carbonyl (C=O) groups excluding carboxylic acids is 1. The lowest BCUT2D eigenvalue weighted by atomic mass is 10.1. The molecule has 2 aliphatic rings. The van der Waals surface area contributed by atoms with E-state index in [2.05, 4.69) is 9.56 Å². The van der Waals surface area contributed by atoms with Gasteiger partial charge in [-0.05, 0) is 72.7 Å². The predicted octanol–water partition coefficient (Wildman–Crippen LogP) is 6.56. The molecule has 4 aromatic rings. The molecule has 7 nitrogen and oxygen atoms in total. The number of hydrogen-bond acceptors (Lipinski definition) is 5. The SMILES string of the molecule is COc1ccc(OCCCn2cc(C=C3C(=N)N4C(c5ccc(F)cc5)=CSC4=NC3=O)c3ccccc32)cc1. The van der Waals surface area contributed by atoms with Crippen molar-refractivity contribution in [2.75, 3.05) is 13.7 Å². The zero-order chi connectivity index (χ0) is 27.6. The molecule has 2 aliphatic heterocycles. The van der Waals surface area contributed by atoms with E-state index in [-0.39, 0.29) is 17.2 Å². The van der Waals surface area contributed by atoms with Crippen LogP contribution in [0.3, 0.4) is 0 Å². The molecule has 1 N–H and O–H groups in total. The van der Waals surface area contributed by atoms with E-state index in [0.29, 0.717) is 24.0 Å². The van der Waals surface area contributed by atoms with Gasteiger partial charge in [0.05, 0.1) is 25.0 Å². The van der Waals surface area contributed by atoms with Crippen molar-refractivity contribution in [1.82, 2.24) is 9.47 Å². The molecule has 9 heteroatoms. The molecule has 6 rings (SSSR count). The number of benzene rings is 3. The van der Waals surface area contributed by atoms with Crippen LogP contribution in [0, 0.1) is 11.2 Å². The average molecular weight is 553 g/mol. The molecule has 0 radical (unpaired) electrons. The van der Waals surface area contributed by atoms with Crippen LogP contribution in [0.1, 0.15) is 17.5 Å². The van der Waals surface area contributed by atoms with Crippen LogP contribution in [0.25, 0.3) is 22.7 Å². The molecule has 0 aliphatic carbocycles. The first-order chi connectivity index (χ1) is 19.5. The van der Waals surface area contributed by atoms with Crippen molar-refractivity contribution in [3.8, 4) is 11.5 Å². The molecule has 3 aromatic carbocycles. The topological polar surface area (TPSA) is 79.9 Å². The lowest BCUT2D eigenvalue weighted by Gasteiger charge is -2.26. The third kappa shape index (κ3) is 4.91. The molecule has 200 valence electrons. The zero-order valence-electron chi connectivity index (χ0n) is 21.6. The number of ether oxygens (including phenoxy) is 2. The third-order valence-corrected chi connectivity index (χ3v) is 7.57. The van der Waals surface area contributed by atoms with Gasteiger partial charge in [-0.15, -0.1) is 0 Å². The van der Waals surface area contributed by atoms with Crippen LogP contribution in [0.5, 0.6) is 11.5 Å². The molecule has 1 amide bonds. The summed E-state index contributed by atoms with van der Waals surface area (Å²) in [6, 6.07) is 21.6. The highest BCUT2D eigenvalue weighted by molar-refractivity contribution is 8.17. The number of fused-ring (bicyclic) bond motifs is 2. The number of halogens is 1. The number of para-hydroxylation sites is 1. The highest BCUT2D eigenvalue weighted by Crippen LogP contribution is 2.38. The van der Waals surface area contributed by atoms with Gasteiger partial charge < -0.3 is 14.0 Å².